The molecule has 0 radical (unpaired) electrons. The molecule has 0 aliphatic heterocycles. The summed E-state index contributed by atoms with van der Waals surface area (Å²) in [6.45, 7) is 4.40. The molecule has 12 heavy (non-hydrogen) atoms. The van der Waals surface area contributed by atoms with Gasteiger partial charge in [0.25, 0.3) is 0 Å². The fourth-order valence-corrected chi connectivity index (χ4v) is 0.661. The molecule has 0 fully saturated rings. The fraction of sp³-hybridized carbons (Fsp3) is 0.875. The largest absolute Gasteiger partial charge is 0.463 e. The summed E-state index contributed by atoms with van der Waals surface area (Å²) < 4.78 is 9.60. The molecule has 1 atom stereocenters. The van der Waals surface area contributed by atoms with Crippen molar-refractivity contribution in [3.8, 4) is 0 Å². The standard InChI is InChI=1S/C8H16O4/c1-3-11-5-4-8(10)6-12-7(2)9/h8,10H,3-6H2,1-2H3. The molecule has 0 aromatic rings. The number of hydrogen-bond donors (Lipinski definition) is 1. The Balaban J connectivity index is 3.21. The average Bonchev–Trinajstić information content (AvgIpc) is 2.01. The van der Waals surface area contributed by atoms with Crippen molar-refractivity contribution in [1.82, 2.24) is 0 Å². The third-order valence-corrected chi connectivity index (χ3v) is 1.28. The summed E-state index contributed by atoms with van der Waals surface area (Å²) in [6.07, 6.45) is -0.110. The zero-order valence-electron chi connectivity index (χ0n) is 7.58. The molecule has 4 heteroatoms. The maximum absolute atomic E-state index is 10.3. The van der Waals surface area contributed by atoms with E-state index in [0.717, 1.165) is 0 Å². The van der Waals surface area contributed by atoms with Gasteiger partial charge in [0.2, 0.25) is 0 Å². The first-order valence-electron chi connectivity index (χ1n) is 4.06. The Morgan fingerprint density at radius 1 is 1.58 bits per heavy atom. The van der Waals surface area contributed by atoms with Crippen LogP contribution in [0.1, 0.15) is 20.3 Å². The predicted molar refractivity (Wildman–Crippen MR) is 43.7 cm³/mol. The summed E-state index contributed by atoms with van der Waals surface area (Å²) in [5.41, 5.74) is 0. The van der Waals surface area contributed by atoms with Crippen molar-refractivity contribution < 1.29 is 19.4 Å². The van der Waals surface area contributed by atoms with Gasteiger partial charge in [-0.3, -0.25) is 4.79 Å². The monoisotopic (exact) mass is 176 g/mol. The second kappa shape index (κ2) is 7.06. The first kappa shape index (κ1) is 11.4. The molecule has 1 unspecified atom stereocenters. The van der Waals surface area contributed by atoms with Crippen LogP contribution in [0.4, 0.5) is 0 Å². The Labute approximate surface area is 72.5 Å². The molecule has 0 aliphatic carbocycles. The highest BCUT2D eigenvalue weighted by Gasteiger charge is 2.05. The topological polar surface area (TPSA) is 55.8 Å². The van der Waals surface area contributed by atoms with E-state index in [1.165, 1.54) is 6.92 Å². The van der Waals surface area contributed by atoms with Gasteiger partial charge in [0.15, 0.2) is 0 Å². The number of carbonyl (C=O) groups is 1. The smallest absolute Gasteiger partial charge is 0.302 e. The van der Waals surface area contributed by atoms with Crippen molar-refractivity contribution in [3.63, 3.8) is 0 Å². The molecular weight excluding hydrogens is 160 g/mol. The molecule has 72 valence electrons. The van der Waals surface area contributed by atoms with Gasteiger partial charge in [-0.15, -0.1) is 0 Å². The maximum Gasteiger partial charge on any atom is 0.302 e. The lowest BCUT2D eigenvalue weighted by Crippen LogP contribution is -2.19. The minimum absolute atomic E-state index is 0.0579. The van der Waals surface area contributed by atoms with Gasteiger partial charge < -0.3 is 14.6 Å². The molecule has 0 heterocycles. The minimum atomic E-state index is -0.611. The Morgan fingerprint density at radius 3 is 2.75 bits per heavy atom. The van der Waals surface area contributed by atoms with E-state index in [-0.39, 0.29) is 12.6 Å². The summed E-state index contributed by atoms with van der Waals surface area (Å²) in [4.78, 5) is 10.3. The minimum Gasteiger partial charge on any atom is -0.463 e. The number of ether oxygens (including phenoxy) is 2. The van der Waals surface area contributed by atoms with Gasteiger partial charge in [-0.1, -0.05) is 0 Å². The van der Waals surface area contributed by atoms with Crippen molar-refractivity contribution in [1.29, 1.82) is 0 Å². The van der Waals surface area contributed by atoms with Gasteiger partial charge in [-0.05, 0) is 13.3 Å². The van der Waals surface area contributed by atoms with Crippen LogP contribution in [0.5, 0.6) is 0 Å². The van der Waals surface area contributed by atoms with Gasteiger partial charge >= 0.3 is 5.97 Å². The maximum atomic E-state index is 10.3. The molecule has 0 aliphatic rings. The van der Waals surface area contributed by atoms with E-state index in [2.05, 4.69) is 4.74 Å². The molecule has 0 bridgehead atoms. The van der Waals surface area contributed by atoms with Gasteiger partial charge in [0.05, 0.1) is 6.10 Å². The van der Waals surface area contributed by atoms with Gasteiger partial charge in [0.1, 0.15) is 6.61 Å². The molecule has 0 saturated carbocycles. The van der Waals surface area contributed by atoms with Crippen LogP contribution in [-0.2, 0) is 14.3 Å². The van der Waals surface area contributed by atoms with Gasteiger partial charge in [-0.2, -0.15) is 0 Å². The molecule has 0 spiro atoms. The first-order valence-corrected chi connectivity index (χ1v) is 4.06. The third-order valence-electron chi connectivity index (χ3n) is 1.28. The average molecular weight is 176 g/mol. The van der Waals surface area contributed by atoms with Crippen molar-refractivity contribution in [3.05, 3.63) is 0 Å². The van der Waals surface area contributed by atoms with Crippen LogP contribution in [0.25, 0.3) is 0 Å². The Bertz CT molecular complexity index is 124. The van der Waals surface area contributed by atoms with Crippen LogP contribution in [0.2, 0.25) is 0 Å². The van der Waals surface area contributed by atoms with Crippen LogP contribution in [0, 0.1) is 0 Å². The van der Waals surface area contributed by atoms with Gasteiger partial charge in [0, 0.05) is 20.1 Å². The van der Waals surface area contributed by atoms with Crippen LogP contribution >= 0.6 is 0 Å². The lowest BCUT2D eigenvalue weighted by molar-refractivity contribution is -0.144. The summed E-state index contributed by atoms with van der Waals surface area (Å²) in [7, 11) is 0. The van der Waals surface area contributed by atoms with Crippen LogP contribution < -0.4 is 0 Å². The summed E-state index contributed by atoms with van der Waals surface area (Å²) in [5, 5.41) is 9.17. The molecule has 0 saturated heterocycles. The molecular formula is C8H16O4. The van der Waals surface area contributed by atoms with Gasteiger partial charge in [-0.25, -0.2) is 0 Å². The van der Waals surface area contributed by atoms with Crippen LogP contribution in [0.3, 0.4) is 0 Å². The van der Waals surface area contributed by atoms with E-state index in [9.17, 15) is 4.79 Å². The Kier molecular flexibility index (Phi) is 6.70. The molecule has 0 amide bonds. The van der Waals surface area contributed by atoms with Crippen molar-refractivity contribution in [2.75, 3.05) is 19.8 Å². The predicted octanol–water partition coefficient (Wildman–Crippen LogP) is 0.337. The summed E-state index contributed by atoms with van der Waals surface area (Å²) >= 11 is 0. The van der Waals surface area contributed by atoms with Crippen LogP contribution in [-0.4, -0.2) is 37.0 Å². The number of rotatable bonds is 6. The molecule has 0 rings (SSSR count). The normalized spacial score (nSPS) is 12.6. The number of aliphatic hydroxyl groups is 1. The zero-order valence-corrected chi connectivity index (χ0v) is 7.58. The highest BCUT2D eigenvalue weighted by atomic mass is 16.5. The lowest BCUT2D eigenvalue weighted by atomic mass is 10.3. The second-order valence-corrected chi connectivity index (χ2v) is 2.44. The van der Waals surface area contributed by atoms with Crippen molar-refractivity contribution >= 4 is 5.97 Å². The number of aliphatic hydroxyl groups excluding tert-OH is 1. The number of esters is 1. The van der Waals surface area contributed by atoms with E-state index in [0.29, 0.717) is 19.6 Å². The van der Waals surface area contributed by atoms with E-state index in [1.54, 1.807) is 0 Å². The highest BCUT2D eigenvalue weighted by molar-refractivity contribution is 5.65. The molecule has 4 nitrogen and oxygen atoms in total. The van der Waals surface area contributed by atoms with Crippen LogP contribution in [0.15, 0.2) is 0 Å². The molecule has 1 N–H and O–H groups in total. The van der Waals surface area contributed by atoms with E-state index in [4.69, 9.17) is 9.84 Å². The quantitative estimate of drug-likeness (QED) is 0.468. The summed E-state index contributed by atoms with van der Waals surface area (Å²) in [6, 6.07) is 0. The third kappa shape index (κ3) is 7.50. The second-order valence-electron chi connectivity index (χ2n) is 2.44. The van der Waals surface area contributed by atoms with E-state index < -0.39 is 6.10 Å². The van der Waals surface area contributed by atoms with Crippen molar-refractivity contribution in [2.45, 2.75) is 26.4 Å². The summed E-state index contributed by atoms with van der Waals surface area (Å²) in [5.74, 6) is -0.370. The van der Waals surface area contributed by atoms with E-state index in [1.807, 2.05) is 6.92 Å². The van der Waals surface area contributed by atoms with E-state index >= 15 is 0 Å². The number of carbonyl (C=O) groups excluding carboxylic acids is 1. The Hall–Kier alpha value is -0.610. The van der Waals surface area contributed by atoms with Crippen molar-refractivity contribution in [2.24, 2.45) is 0 Å². The highest BCUT2D eigenvalue weighted by Crippen LogP contribution is 1.93. The fourth-order valence-electron chi connectivity index (χ4n) is 0.661. The number of hydrogen-bond acceptors (Lipinski definition) is 4. The first-order chi connectivity index (χ1) is 5.66. The lowest BCUT2D eigenvalue weighted by Gasteiger charge is -2.09. The zero-order chi connectivity index (χ0) is 9.40. The Morgan fingerprint density at radius 2 is 2.25 bits per heavy atom. The SMILES string of the molecule is CCOCCC(O)COC(C)=O. The molecule has 0 aromatic carbocycles. The molecule has 0 aromatic heterocycles.